The summed E-state index contributed by atoms with van der Waals surface area (Å²) in [5, 5.41) is 15.9. The molecule has 5 nitrogen and oxygen atoms in total. The molecule has 5 heteroatoms. The van der Waals surface area contributed by atoms with E-state index in [0.717, 1.165) is 57.8 Å². The Bertz CT molecular complexity index is 458. The van der Waals surface area contributed by atoms with E-state index in [4.69, 9.17) is 10.1 Å². The first-order valence-corrected chi connectivity index (χ1v) is 9.60. The van der Waals surface area contributed by atoms with Crippen LogP contribution in [-0.2, 0) is 0 Å². The lowest BCUT2D eigenvalue weighted by atomic mass is 10.0. The minimum Gasteiger partial charge on any atom is -0.396 e. The highest BCUT2D eigenvalue weighted by Crippen LogP contribution is 2.11. The van der Waals surface area contributed by atoms with Crippen LogP contribution in [0.15, 0.2) is 35.3 Å². The number of hydrogen-bond acceptors (Lipinski definition) is 3. The van der Waals surface area contributed by atoms with Gasteiger partial charge in [0, 0.05) is 45.5 Å². The first-order valence-electron chi connectivity index (χ1n) is 9.60. The number of hydrogen-bond donors (Lipinski definition) is 3. The lowest BCUT2D eigenvalue weighted by molar-refractivity contribution is 0.253. The smallest absolute Gasteiger partial charge is 0.191 e. The van der Waals surface area contributed by atoms with Gasteiger partial charge in [-0.2, -0.15) is 0 Å². The van der Waals surface area contributed by atoms with Crippen molar-refractivity contribution in [2.24, 2.45) is 10.9 Å². The molecule has 0 saturated carbocycles. The van der Waals surface area contributed by atoms with Crippen LogP contribution in [-0.4, -0.2) is 50.9 Å². The van der Waals surface area contributed by atoms with E-state index in [1.165, 1.54) is 5.69 Å². The van der Waals surface area contributed by atoms with Gasteiger partial charge in [0.2, 0.25) is 0 Å². The molecule has 0 bridgehead atoms. The number of guanidine groups is 1. The summed E-state index contributed by atoms with van der Waals surface area (Å²) in [6.07, 6.45) is 4.13. The molecule has 1 rings (SSSR count). The number of aliphatic imine (C=N–C) groups is 1. The summed E-state index contributed by atoms with van der Waals surface area (Å²) in [6, 6.07) is 10.4. The van der Waals surface area contributed by atoms with Crippen LogP contribution in [0, 0.1) is 5.92 Å². The maximum Gasteiger partial charge on any atom is 0.191 e. The monoisotopic (exact) mass is 348 g/mol. The molecular formula is C20H36N4O. The molecule has 0 spiro atoms. The predicted octanol–water partition coefficient (Wildman–Crippen LogP) is 2.87. The van der Waals surface area contributed by atoms with Crippen LogP contribution in [0.4, 0.5) is 5.69 Å². The fourth-order valence-corrected chi connectivity index (χ4v) is 2.81. The number of nitrogens with zero attached hydrogens (tertiary/aromatic N) is 2. The second-order valence-corrected chi connectivity index (χ2v) is 6.42. The van der Waals surface area contributed by atoms with Crippen molar-refractivity contribution in [1.29, 1.82) is 0 Å². The van der Waals surface area contributed by atoms with Gasteiger partial charge in [0.1, 0.15) is 0 Å². The molecule has 0 radical (unpaired) electrons. The second kappa shape index (κ2) is 13.5. The fraction of sp³-hybridized carbons (Fsp3) is 0.650. The second-order valence-electron chi connectivity index (χ2n) is 6.42. The molecule has 0 saturated heterocycles. The van der Waals surface area contributed by atoms with E-state index in [1.54, 1.807) is 0 Å². The average molecular weight is 349 g/mol. The topological polar surface area (TPSA) is 59.9 Å². The van der Waals surface area contributed by atoms with Crippen molar-refractivity contribution in [3.63, 3.8) is 0 Å². The van der Waals surface area contributed by atoms with E-state index < -0.39 is 0 Å². The van der Waals surface area contributed by atoms with Crippen molar-refractivity contribution in [1.82, 2.24) is 10.6 Å². The normalized spacial score (nSPS) is 12.7. The Balaban J connectivity index is 2.37. The van der Waals surface area contributed by atoms with Gasteiger partial charge in [-0.05, 0) is 44.2 Å². The third-order valence-electron chi connectivity index (χ3n) is 4.25. The summed E-state index contributed by atoms with van der Waals surface area (Å²) in [4.78, 5) is 6.96. The van der Waals surface area contributed by atoms with E-state index >= 15 is 0 Å². The van der Waals surface area contributed by atoms with Gasteiger partial charge in [-0.3, -0.25) is 4.99 Å². The summed E-state index contributed by atoms with van der Waals surface area (Å²) in [5.74, 6) is 1.35. The van der Waals surface area contributed by atoms with Gasteiger partial charge >= 0.3 is 0 Å². The molecule has 0 fully saturated rings. The first-order chi connectivity index (χ1) is 12.2. The van der Waals surface area contributed by atoms with Gasteiger partial charge < -0.3 is 20.6 Å². The Morgan fingerprint density at radius 3 is 2.56 bits per heavy atom. The molecule has 25 heavy (non-hydrogen) atoms. The lowest BCUT2D eigenvalue weighted by Gasteiger charge is -2.20. The van der Waals surface area contributed by atoms with Gasteiger partial charge in [0.15, 0.2) is 5.96 Å². The Kier molecular flexibility index (Phi) is 11.5. The third kappa shape index (κ3) is 9.34. The Labute approximate surface area is 153 Å². The SMILES string of the molecule is CCCC(CCO)CN=C(NCC)NCCCN(C)c1ccccc1. The molecule has 3 N–H and O–H groups in total. The van der Waals surface area contributed by atoms with Crippen LogP contribution in [0.2, 0.25) is 0 Å². The zero-order chi connectivity index (χ0) is 18.3. The van der Waals surface area contributed by atoms with Gasteiger partial charge in [0.05, 0.1) is 0 Å². The van der Waals surface area contributed by atoms with E-state index in [1.807, 2.05) is 6.07 Å². The highest BCUT2D eigenvalue weighted by molar-refractivity contribution is 5.79. The van der Waals surface area contributed by atoms with Gasteiger partial charge in [-0.25, -0.2) is 0 Å². The van der Waals surface area contributed by atoms with Gasteiger partial charge in [0.25, 0.3) is 0 Å². The predicted molar refractivity (Wildman–Crippen MR) is 108 cm³/mol. The number of aliphatic hydroxyl groups is 1. The Morgan fingerprint density at radius 1 is 1.16 bits per heavy atom. The van der Waals surface area contributed by atoms with Crippen molar-refractivity contribution in [2.75, 3.05) is 44.7 Å². The maximum absolute atomic E-state index is 9.17. The van der Waals surface area contributed by atoms with Crippen molar-refractivity contribution < 1.29 is 5.11 Å². The molecule has 1 unspecified atom stereocenters. The summed E-state index contributed by atoms with van der Waals surface area (Å²) in [7, 11) is 2.12. The minimum atomic E-state index is 0.246. The number of nitrogens with one attached hydrogen (secondary N) is 2. The van der Waals surface area contributed by atoms with Crippen LogP contribution in [0.3, 0.4) is 0 Å². The largest absolute Gasteiger partial charge is 0.396 e. The number of anilines is 1. The third-order valence-corrected chi connectivity index (χ3v) is 4.25. The summed E-state index contributed by atoms with van der Waals surface area (Å²) < 4.78 is 0. The summed E-state index contributed by atoms with van der Waals surface area (Å²) >= 11 is 0. The van der Waals surface area contributed by atoms with E-state index in [0.29, 0.717) is 5.92 Å². The van der Waals surface area contributed by atoms with Crippen LogP contribution in [0.5, 0.6) is 0 Å². The standard InChI is InChI=1S/C20H36N4O/c1-4-10-18(13-16-25)17-23-20(21-5-2)22-14-9-15-24(3)19-11-7-6-8-12-19/h6-8,11-12,18,25H,4-5,9-10,13-17H2,1-3H3,(H2,21,22,23). The maximum atomic E-state index is 9.17. The van der Waals surface area contributed by atoms with E-state index in [2.05, 4.69) is 60.7 Å². The molecular weight excluding hydrogens is 312 g/mol. The van der Waals surface area contributed by atoms with Crippen LogP contribution in [0.1, 0.15) is 39.5 Å². The quantitative estimate of drug-likeness (QED) is 0.309. The number of benzene rings is 1. The lowest BCUT2D eigenvalue weighted by Crippen LogP contribution is -2.39. The number of rotatable bonds is 12. The summed E-state index contributed by atoms with van der Waals surface area (Å²) in [5.41, 5.74) is 1.24. The zero-order valence-corrected chi connectivity index (χ0v) is 16.2. The van der Waals surface area contributed by atoms with Crippen molar-refractivity contribution in [3.8, 4) is 0 Å². The number of aliphatic hydroxyl groups excluding tert-OH is 1. The van der Waals surface area contributed by atoms with E-state index in [-0.39, 0.29) is 6.61 Å². The van der Waals surface area contributed by atoms with Crippen molar-refractivity contribution >= 4 is 11.6 Å². The van der Waals surface area contributed by atoms with E-state index in [9.17, 15) is 0 Å². The first kappa shape index (κ1) is 21.3. The molecule has 0 heterocycles. The van der Waals surface area contributed by atoms with Crippen LogP contribution in [0.25, 0.3) is 0 Å². The average Bonchev–Trinajstić information content (AvgIpc) is 2.63. The van der Waals surface area contributed by atoms with Crippen LogP contribution >= 0.6 is 0 Å². The highest BCUT2D eigenvalue weighted by atomic mass is 16.3. The molecule has 0 aliphatic heterocycles. The highest BCUT2D eigenvalue weighted by Gasteiger charge is 2.07. The molecule has 1 aromatic rings. The van der Waals surface area contributed by atoms with Crippen molar-refractivity contribution in [2.45, 2.75) is 39.5 Å². The number of para-hydroxylation sites is 1. The van der Waals surface area contributed by atoms with Crippen molar-refractivity contribution in [3.05, 3.63) is 30.3 Å². The fourth-order valence-electron chi connectivity index (χ4n) is 2.81. The van der Waals surface area contributed by atoms with Crippen LogP contribution < -0.4 is 15.5 Å². The molecule has 0 aromatic heterocycles. The van der Waals surface area contributed by atoms with Gasteiger partial charge in [-0.15, -0.1) is 0 Å². The molecule has 0 aliphatic rings. The molecule has 0 amide bonds. The van der Waals surface area contributed by atoms with Gasteiger partial charge in [-0.1, -0.05) is 31.5 Å². The molecule has 142 valence electrons. The molecule has 0 aliphatic carbocycles. The Morgan fingerprint density at radius 2 is 1.92 bits per heavy atom. The Hall–Kier alpha value is -1.75. The summed E-state index contributed by atoms with van der Waals surface area (Å²) in [6.45, 7) is 8.02. The zero-order valence-electron chi connectivity index (χ0n) is 16.2. The molecule has 1 atom stereocenters. The minimum absolute atomic E-state index is 0.246. The molecule has 1 aromatic carbocycles.